The standard InChI is InChI=1S/C12H21N3/c1-10(9-11(14)5-4-7-13)12-6-2-3-8-15-12/h2-3,6,8,10-11H,4-5,7,9,13-14H2,1H3. The van der Waals surface area contributed by atoms with Crippen LogP contribution in [-0.4, -0.2) is 17.6 Å². The number of hydrogen-bond donors (Lipinski definition) is 2. The molecular formula is C12H21N3. The summed E-state index contributed by atoms with van der Waals surface area (Å²) in [5.41, 5.74) is 12.6. The minimum absolute atomic E-state index is 0.241. The maximum atomic E-state index is 6.01. The van der Waals surface area contributed by atoms with E-state index >= 15 is 0 Å². The van der Waals surface area contributed by atoms with Gasteiger partial charge in [0.05, 0.1) is 0 Å². The van der Waals surface area contributed by atoms with Crippen LogP contribution in [-0.2, 0) is 0 Å². The van der Waals surface area contributed by atoms with Crippen molar-refractivity contribution in [3.63, 3.8) is 0 Å². The Morgan fingerprint density at radius 2 is 2.20 bits per heavy atom. The molecule has 2 unspecified atom stereocenters. The average Bonchev–Trinajstić information content (AvgIpc) is 2.27. The maximum absolute atomic E-state index is 6.01. The van der Waals surface area contributed by atoms with Gasteiger partial charge in [0.1, 0.15) is 0 Å². The molecule has 1 aromatic rings. The first-order chi connectivity index (χ1) is 7.24. The van der Waals surface area contributed by atoms with Crippen LogP contribution in [0.25, 0.3) is 0 Å². The first-order valence-corrected chi connectivity index (χ1v) is 5.60. The van der Waals surface area contributed by atoms with Gasteiger partial charge in [0, 0.05) is 17.9 Å². The van der Waals surface area contributed by atoms with Crippen LogP contribution < -0.4 is 11.5 Å². The molecule has 3 nitrogen and oxygen atoms in total. The smallest absolute Gasteiger partial charge is 0.0432 e. The van der Waals surface area contributed by atoms with Crippen LogP contribution in [0.3, 0.4) is 0 Å². The van der Waals surface area contributed by atoms with E-state index in [2.05, 4.69) is 18.0 Å². The molecule has 1 aromatic heterocycles. The number of pyridine rings is 1. The molecule has 0 radical (unpaired) electrons. The summed E-state index contributed by atoms with van der Waals surface area (Å²) in [6, 6.07) is 6.25. The Labute approximate surface area is 91.9 Å². The normalized spacial score (nSPS) is 14.9. The summed E-state index contributed by atoms with van der Waals surface area (Å²) in [6.45, 7) is 2.90. The summed E-state index contributed by atoms with van der Waals surface area (Å²) in [5, 5.41) is 0. The lowest BCUT2D eigenvalue weighted by molar-refractivity contribution is 0.502. The van der Waals surface area contributed by atoms with Gasteiger partial charge >= 0.3 is 0 Å². The molecule has 0 amide bonds. The molecule has 2 atom stereocenters. The highest BCUT2D eigenvalue weighted by molar-refractivity contribution is 5.08. The van der Waals surface area contributed by atoms with Crippen LogP contribution in [0.5, 0.6) is 0 Å². The van der Waals surface area contributed by atoms with E-state index in [4.69, 9.17) is 11.5 Å². The van der Waals surface area contributed by atoms with Crippen LogP contribution in [0.15, 0.2) is 24.4 Å². The van der Waals surface area contributed by atoms with Gasteiger partial charge in [-0.1, -0.05) is 13.0 Å². The lowest BCUT2D eigenvalue weighted by Gasteiger charge is -2.16. The van der Waals surface area contributed by atoms with E-state index < -0.39 is 0 Å². The molecule has 0 aliphatic carbocycles. The average molecular weight is 207 g/mol. The van der Waals surface area contributed by atoms with Crippen molar-refractivity contribution in [1.82, 2.24) is 4.98 Å². The minimum Gasteiger partial charge on any atom is -0.330 e. The molecule has 0 aliphatic rings. The molecule has 0 saturated heterocycles. The highest BCUT2D eigenvalue weighted by Gasteiger charge is 2.11. The predicted octanol–water partition coefficient (Wildman–Crippen LogP) is 1.64. The minimum atomic E-state index is 0.241. The zero-order valence-corrected chi connectivity index (χ0v) is 9.39. The highest BCUT2D eigenvalue weighted by atomic mass is 14.7. The van der Waals surface area contributed by atoms with Gasteiger partial charge in [-0.05, 0) is 43.9 Å². The van der Waals surface area contributed by atoms with Crippen LogP contribution in [0.1, 0.15) is 37.8 Å². The summed E-state index contributed by atoms with van der Waals surface area (Å²) >= 11 is 0. The molecule has 15 heavy (non-hydrogen) atoms. The fourth-order valence-electron chi connectivity index (χ4n) is 1.74. The molecule has 4 N–H and O–H groups in total. The van der Waals surface area contributed by atoms with Crippen molar-refractivity contribution in [2.24, 2.45) is 11.5 Å². The van der Waals surface area contributed by atoms with E-state index in [0.29, 0.717) is 5.92 Å². The summed E-state index contributed by atoms with van der Waals surface area (Å²) in [7, 11) is 0. The van der Waals surface area contributed by atoms with E-state index in [1.54, 1.807) is 0 Å². The molecular weight excluding hydrogens is 186 g/mol. The predicted molar refractivity (Wildman–Crippen MR) is 63.5 cm³/mol. The van der Waals surface area contributed by atoms with Crippen LogP contribution in [0.2, 0.25) is 0 Å². The monoisotopic (exact) mass is 207 g/mol. The van der Waals surface area contributed by atoms with Crippen molar-refractivity contribution in [1.29, 1.82) is 0 Å². The zero-order valence-electron chi connectivity index (χ0n) is 9.39. The van der Waals surface area contributed by atoms with E-state index in [9.17, 15) is 0 Å². The van der Waals surface area contributed by atoms with Gasteiger partial charge in [-0.3, -0.25) is 4.98 Å². The van der Waals surface area contributed by atoms with Gasteiger partial charge in [-0.2, -0.15) is 0 Å². The largest absolute Gasteiger partial charge is 0.330 e. The maximum Gasteiger partial charge on any atom is 0.0432 e. The third-order valence-electron chi connectivity index (χ3n) is 2.63. The summed E-state index contributed by atoms with van der Waals surface area (Å²) in [4.78, 5) is 4.33. The molecule has 0 bridgehead atoms. The van der Waals surface area contributed by atoms with E-state index in [0.717, 1.165) is 31.5 Å². The van der Waals surface area contributed by atoms with Crippen molar-refractivity contribution < 1.29 is 0 Å². The van der Waals surface area contributed by atoms with Crippen LogP contribution in [0.4, 0.5) is 0 Å². The second-order valence-electron chi connectivity index (χ2n) is 4.08. The van der Waals surface area contributed by atoms with Crippen molar-refractivity contribution in [2.45, 2.75) is 38.1 Å². The summed E-state index contributed by atoms with van der Waals surface area (Å²) in [6.07, 6.45) is 4.83. The summed E-state index contributed by atoms with van der Waals surface area (Å²) in [5.74, 6) is 0.430. The van der Waals surface area contributed by atoms with E-state index in [1.807, 2.05) is 18.3 Å². The number of nitrogens with zero attached hydrogens (tertiary/aromatic N) is 1. The molecule has 0 spiro atoms. The van der Waals surface area contributed by atoms with Gasteiger partial charge in [-0.25, -0.2) is 0 Å². The number of aromatic nitrogens is 1. The number of nitrogens with two attached hydrogens (primary N) is 2. The van der Waals surface area contributed by atoms with Gasteiger partial charge in [0.25, 0.3) is 0 Å². The van der Waals surface area contributed by atoms with Gasteiger partial charge in [0.2, 0.25) is 0 Å². The van der Waals surface area contributed by atoms with Crippen LogP contribution >= 0.6 is 0 Å². The van der Waals surface area contributed by atoms with Gasteiger partial charge < -0.3 is 11.5 Å². The molecule has 1 rings (SSSR count). The van der Waals surface area contributed by atoms with Crippen LogP contribution in [0, 0.1) is 0 Å². The Bertz CT molecular complexity index is 261. The van der Waals surface area contributed by atoms with Gasteiger partial charge in [0.15, 0.2) is 0 Å². The topological polar surface area (TPSA) is 64.9 Å². The second kappa shape index (κ2) is 6.53. The van der Waals surface area contributed by atoms with Crippen molar-refractivity contribution in [3.05, 3.63) is 30.1 Å². The van der Waals surface area contributed by atoms with E-state index in [1.165, 1.54) is 0 Å². The lowest BCUT2D eigenvalue weighted by atomic mass is 9.96. The van der Waals surface area contributed by atoms with Crippen molar-refractivity contribution in [3.8, 4) is 0 Å². The third kappa shape index (κ3) is 4.40. The fourth-order valence-corrected chi connectivity index (χ4v) is 1.74. The summed E-state index contributed by atoms with van der Waals surface area (Å²) < 4.78 is 0. The van der Waals surface area contributed by atoms with Gasteiger partial charge in [-0.15, -0.1) is 0 Å². The second-order valence-corrected chi connectivity index (χ2v) is 4.08. The molecule has 1 heterocycles. The Kier molecular flexibility index (Phi) is 5.29. The number of hydrogen-bond acceptors (Lipinski definition) is 3. The number of rotatable bonds is 6. The molecule has 0 fully saturated rings. The Balaban J connectivity index is 2.38. The van der Waals surface area contributed by atoms with E-state index in [-0.39, 0.29) is 6.04 Å². The highest BCUT2D eigenvalue weighted by Crippen LogP contribution is 2.18. The first kappa shape index (κ1) is 12.1. The molecule has 3 heteroatoms. The Morgan fingerprint density at radius 3 is 2.80 bits per heavy atom. The Hall–Kier alpha value is -0.930. The molecule has 0 aliphatic heterocycles. The van der Waals surface area contributed by atoms with Crippen molar-refractivity contribution in [2.75, 3.05) is 6.54 Å². The third-order valence-corrected chi connectivity index (χ3v) is 2.63. The molecule has 0 saturated carbocycles. The Morgan fingerprint density at radius 1 is 1.40 bits per heavy atom. The SMILES string of the molecule is CC(CC(N)CCCN)c1ccccn1. The lowest BCUT2D eigenvalue weighted by Crippen LogP contribution is -2.23. The van der Waals surface area contributed by atoms with Crippen molar-refractivity contribution >= 4 is 0 Å². The molecule has 84 valence electrons. The first-order valence-electron chi connectivity index (χ1n) is 5.60. The fraction of sp³-hybridized carbons (Fsp3) is 0.583. The zero-order chi connectivity index (χ0) is 11.1. The molecule has 0 aromatic carbocycles. The quantitative estimate of drug-likeness (QED) is 0.745.